The van der Waals surface area contributed by atoms with Crippen LogP contribution in [0.1, 0.15) is 45.4 Å². The van der Waals surface area contributed by atoms with Gasteiger partial charge in [0.25, 0.3) is 0 Å². The lowest BCUT2D eigenvalue weighted by Gasteiger charge is -2.05. The molecule has 1 fully saturated rings. The van der Waals surface area contributed by atoms with Crippen molar-refractivity contribution in [3.05, 3.63) is 0 Å². The number of nitrogens with two attached hydrogens (primary N) is 1. The summed E-state index contributed by atoms with van der Waals surface area (Å²) < 4.78 is 0. The van der Waals surface area contributed by atoms with Crippen LogP contribution in [0.4, 0.5) is 0 Å². The lowest BCUT2D eigenvalue weighted by Crippen LogP contribution is -2.19. The topological polar surface area (TPSA) is 38.0 Å². The molecule has 0 aromatic heterocycles. The minimum Gasteiger partial charge on any atom is -0.328 e. The molecule has 0 aromatic rings. The van der Waals surface area contributed by atoms with Gasteiger partial charge in [-0.25, -0.2) is 0 Å². The summed E-state index contributed by atoms with van der Waals surface area (Å²) in [5.41, 5.74) is 5.66. The van der Waals surface area contributed by atoms with E-state index in [2.05, 4.69) is 12.2 Å². The van der Waals surface area contributed by atoms with Crippen molar-refractivity contribution in [2.24, 2.45) is 11.7 Å². The van der Waals surface area contributed by atoms with Crippen LogP contribution in [0.25, 0.3) is 0 Å². The van der Waals surface area contributed by atoms with E-state index in [0.717, 1.165) is 5.92 Å². The van der Waals surface area contributed by atoms with E-state index < -0.39 is 0 Å². The van der Waals surface area contributed by atoms with Gasteiger partial charge in [0.1, 0.15) is 0 Å². The molecule has 2 heteroatoms. The second kappa shape index (κ2) is 6.39. The van der Waals surface area contributed by atoms with Crippen molar-refractivity contribution in [3.8, 4) is 0 Å². The largest absolute Gasteiger partial charge is 0.328 e. The molecule has 0 bridgehead atoms. The zero-order valence-electron chi connectivity index (χ0n) is 8.89. The van der Waals surface area contributed by atoms with E-state index in [1.807, 2.05) is 0 Å². The molecule has 0 amide bonds. The summed E-state index contributed by atoms with van der Waals surface area (Å²) in [6.07, 6.45) is 8.08. The van der Waals surface area contributed by atoms with E-state index >= 15 is 0 Å². The normalized spacial score (nSPS) is 18.9. The molecule has 1 unspecified atom stereocenters. The number of rotatable bonds is 8. The molecule has 0 saturated heterocycles. The van der Waals surface area contributed by atoms with Gasteiger partial charge >= 0.3 is 0 Å². The van der Waals surface area contributed by atoms with Crippen LogP contribution in [0.5, 0.6) is 0 Å². The van der Waals surface area contributed by atoms with Gasteiger partial charge in [-0.05, 0) is 45.2 Å². The van der Waals surface area contributed by atoms with Gasteiger partial charge in [0.15, 0.2) is 0 Å². The van der Waals surface area contributed by atoms with E-state index in [0.29, 0.717) is 6.04 Å². The predicted molar refractivity (Wildman–Crippen MR) is 57.7 cm³/mol. The van der Waals surface area contributed by atoms with E-state index in [1.165, 1.54) is 51.6 Å². The quantitative estimate of drug-likeness (QED) is 0.565. The van der Waals surface area contributed by atoms with E-state index in [9.17, 15) is 0 Å². The SMILES string of the molecule is CC(N)CCCCNCCC1CC1. The Bertz CT molecular complexity index is 113. The molecular weight excluding hydrogens is 160 g/mol. The molecule has 0 heterocycles. The van der Waals surface area contributed by atoms with Gasteiger partial charge in [-0.3, -0.25) is 0 Å². The minimum atomic E-state index is 0.381. The van der Waals surface area contributed by atoms with Gasteiger partial charge in [-0.2, -0.15) is 0 Å². The van der Waals surface area contributed by atoms with Crippen LogP contribution >= 0.6 is 0 Å². The van der Waals surface area contributed by atoms with Crippen molar-refractivity contribution in [2.75, 3.05) is 13.1 Å². The third-order valence-electron chi connectivity index (χ3n) is 2.69. The molecule has 0 aromatic carbocycles. The zero-order valence-corrected chi connectivity index (χ0v) is 8.89. The second-order valence-electron chi connectivity index (χ2n) is 4.46. The molecule has 0 spiro atoms. The Balaban J connectivity index is 1.68. The summed E-state index contributed by atoms with van der Waals surface area (Å²) in [5, 5.41) is 3.49. The van der Waals surface area contributed by atoms with Gasteiger partial charge in [0, 0.05) is 6.04 Å². The fourth-order valence-electron chi connectivity index (χ4n) is 1.55. The molecule has 1 saturated carbocycles. The summed E-state index contributed by atoms with van der Waals surface area (Å²) in [5.74, 6) is 1.07. The monoisotopic (exact) mass is 184 g/mol. The first-order valence-corrected chi connectivity index (χ1v) is 5.75. The van der Waals surface area contributed by atoms with Crippen LogP contribution in [-0.4, -0.2) is 19.1 Å². The molecule has 1 aliphatic carbocycles. The van der Waals surface area contributed by atoms with Crippen LogP contribution in [0.3, 0.4) is 0 Å². The van der Waals surface area contributed by atoms with Crippen LogP contribution < -0.4 is 11.1 Å². The number of hydrogen-bond donors (Lipinski definition) is 2. The van der Waals surface area contributed by atoms with Crippen LogP contribution in [-0.2, 0) is 0 Å². The van der Waals surface area contributed by atoms with Crippen molar-refractivity contribution in [1.82, 2.24) is 5.32 Å². The maximum absolute atomic E-state index is 5.66. The molecule has 78 valence electrons. The summed E-state index contributed by atoms with van der Waals surface area (Å²) in [6, 6.07) is 0.381. The highest BCUT2D eigenvalue weighted by Crippen LogP contribution is 2.31. The maximum atomic E-state index is 5.66. The lowest BCUT2D eigenvalue weighted by atomic mass is 10.1. The van der Waals surface area contributed by atoms with Crippen molar-refractivity contribution < 1.29 is 0 Å². The Morgan fingerprint density at radius 2 is 2.08 bits per heavy atom. The van der Waals surface area contributed by atoms with Gasteiger partial charge in [-0.15, -0.1) is 0 Å². The van der Waals surface area contributed by atoms with E-state index in [1.54, 1.807) is 0 Å². The van der Waals surface area contributed by atoms with Gasteiger partial charge in [0.05, 0.1) is 0 Å². The minimum absolute atomic E-state index is 0.381. The highest BCUT2D eigenvalue weighted by atomic mass is 14.8. The lowest BCUT2D eigenvalue weighted by molar-refractivity contribution is 0.548. The molecule has 13 heavy (non-hydrogen) atoms. The number of nitrogens with one attached hydrogen (secondary N) is 1. The molecule has 1 rings (SSSR count). The summed E-state index contributed by atoms with van der Waals surface area (Å²) in [4.78, 5) is 0. The maximum Gasteiger partial charge on any atom is 0.00104 e. The first kappa shape index (κ1) is 11.0. The molecule has 0 radical (unpaired) electrons. The smallest absolute Gasteiger partial charge is 0.00104 e. The fraction of sp³-hybridized carbons (Fsp3) is 1.00. The second-order valence-corrected chi connectivity index (χ2v) is 4.46. The zero-order chi connectivity index (χ0) is 9.52. The summed E-state index contributed by atoms with van der Waals surface area (Å²) in [6.45, 7) is 4.49. The Morgan fingerprint density at radius 1 is 1.31 bits per heavy atom. The molecule has 3 N–H and O–H groups in total. The fourth-order valence-corrected chi connectivity index (χ4v) is 1.55. The Labute approximate surface area is 82.3 Å². The van der Waals surface area contributed by atoms with Crippen LogP contribution in [0, 0.1) is 5.92 Å². The molecule has 0 aliphatic heterocycles. The molecule has 2 nitrogen and oxygen atoms in total. The highest BCUT2D eigenvalue weighted by molar-refractivity contribution is 4.73. The Kier molecular flexibility index (Phi) is 5.40. The average Bonchev–Trinajstić information content (AvgIpc) is 2.86. The number of hydrogen-bond acceptors (Lipinski definition) is 2. The first-order chi connectivity index (χ1) is 6.29. The van der Waals surface area contributed by atoms with Crippen molar-refractivity contribution in [2.45, 2.75) is 51.5 Å². The summed E-state index contributed by atoms with van der Waals surface area (Å²) >= 11 is 0. The molecular formula is C11H24N2. The van der Waals surface area contributed by atoms with Crippen LogP contribution in [0.2, 0.25) is 0 Å². The first-order valence-electron chi connectivity index (χ1n) is 5.75. The third kappa shape index (κ3) is 7.03. The average molecular weight is 184 g/mol. The van der Waals surface area contributed by atoms with Crippen molar-refractivity contribution >= 4 is 0 Å². The van der Waals surface area contributed by atoms with Gasteiger partial charge < -0.3 is 11.1 Å². The Morgan fingerprint density at radius 3 is 2.69 bits per heavy atom. The standard InChI is InChI=1S/C11H24N2/c1-10(12)4-2-3-8-13-9-7-11-5-6-11/h10-11,13H,2-9,12H2,1H3. The number of unbranched alkanes of at least 4 members (excludes halogenated alkanes) is 1. The van der Waals surface area contributed by atoms with Crippen LogP contribution in [0.15, 0.2) is 0 Å². The molecule has 1 atom stereocenters. The third-order valence-corrected chi connectivity index (χ3v) is 2.69. The summed E-state index contributed by atoms with van der Waals surface area (Å²) in [7, 11) is 0. The van der Waals surface area contributed by atoms with E-state index in [4.69, 9.17) is 5.73 Å². The molecule has 1 aliphatic rings. The van der Waals surface area contributed by atoms with Crippen molar-refractivity contribution in [3.63, 3.8) is 0 Å². The Hall–Kier alpha value is -0.0800. The van der Waals surface area contributed by atoms with Crippen molar-refractivity contribution in [1.29, 1.82) is 0 Å². The van der Waals surface area contributed by atoms with Gasteiger partial charge in [0.2, 0.25) is 0 Å². The highest BCUT2D eigenvalue weighted by Gasteiger charge is 2.19. The van der Waals surface area contributed by atoms with Gasteiger partial charge in [-0.1, -0.05) is 19.3 Å². The van der Waals surface area contributed by atoms with E-state index in [-0.39, 0.29) is 0 Å². The predicted octanol–water partition coefficient (Wildman–Crippen LogP) is 1.89.